The van der Waals surface area contributed by atoms with E-state index in [1.54, 1.807) is 18.2 Å². The number of alkyl halides is 3. The highest BCUT2D eigenvalue weighted by Gasteiger charge is 2.34. The van der Waals surface area contributed by atoms with Crippen LogP contribution in [-0.2, 0) is 17.5 Å². The molecule has 0 spiro atoms. The molecule has 4 rings (SSSR count). The van der Waals surface area contributed by atoms with Gasteiger partial charge in [0.1, 0.15) is 11.3 Å². The molecule has 3 aromatic rings. The summed E-state index contributed by atoms with van der Waals surface area (Å²) in [6.45, 7) is 0.408. The molecule has 0 unspecified atom stereocenters. The minimum atomic E-state index is -4.55. The van der Waals surface area contributed by atoms with Crippen LogP contribution >= 0.6 is 0 Å². The molecule has 1 aliphatic heterocycles. The lowest BCUT2D eigenvalue weighted by atomic mass is 10.1. The Kier molecular flexibility index (Phi) is 5.62. The third-order valence-electron chi connectivity index (χ3n) is 5.78. The number of imidazole rings is 1. The lowest BCUT2D eigenvalue weighted by Crippen LogP contribution is -2.32. The molecule has 1 atom stereocenters. The van der Waals surface area contributed by atoms with Crippen molar-refractivity contribution in [2.24, 2.45) is 0 Å². The number of halogens is 3. The predicted molar refractivity (Wildman–Crippen MR) is 111 cm³/mol. The van der Waals surface area contributed by atoms with E-state index in [-0.39, 0.29) is 24.7 Å². The molecule has 2 heterocycles. The van der Waals surface area contributed by atoms with E-state index in [1.807, 2.05) is 0 Å². The van der Waals surface area contributed by atoms with Gasteiger partial charge < -0.3 is 14.4 Å². The van der Waals surface area contributed by atoms with Crippen LogP contribution in [0, 0.1) is 0 Å². The lowest BCUT2D eigenvalue weighted by Gasteiger charge is -2.15. The zero-order valence-electron chi connectivity index (χ0n) is 17.6. The summed E-state index contributed by atoms with van der Waals surface area (Å²) in [5.74, 6) is 0.380. The molecule has 7 nitrogen and oxygen atoms in total. The molecule has 170 valence electrons. The average molecular weight is 449 g/mol. The molecule has 2 aromatic carbocycles. The second-order valence-electron chi connectivity index (χ2n) is 7.58. The van der Waals surface area contributed by atoms with Crippen molar-refractivity contribution < 1.29 is 27.4 Å². The number of nitrogens with zero attached hydrogens (tertiary/aromatic N) is 3. The third kappa shape index (κ3) is 3.69. The molecular formula is C22H22F3N3O4. The minimum absolute atomic E-state index is 0.0188. The molecule has 1 saturated heterocycles. The van der Waals surface area contributed by atoms with Gasteiger partial charge in [0, 0.05) is 13.1 Å². The highest BCUT2D eigenvalue weighted by atomic mass is 19.4. The van der Waals surface area contributed by atoms with Crippen molar-refractivity contribution >= 4 is 17.1 Å². The Bertz CT molecular complexity index is 1220. The maximum atomic E-state index is 13.5. The fourth-order valence-electron chi connectivity index (χ4n) is 4.32. The van der Waals surface area contributed by atoms with Crippen molar-refractivity contribution in [3.05, 3.63) is 64.1 Å². The van der Waals surface area contributed by atoms with E-state index in [4.69, 9.17) is 9.47 Å². The molecule has 1 amide bonds. The fraction of sp³-hybridized carbons (Fsp3) is 0.364. The number of likely N-dealkylation sites (tertiary alicyclic amines) is 1. The Morgan fingerprint density at radius 2 is 1.88 bits per heavy atom. The summed E-state index contributed by atoms with van der Waals surface area (Å²) in [5, 5.41) is 0. The second-order valence-corrected chi connectivity index (χ2v) is 7.58. The summed E-state index contributed by atoms with van der Waals surface area (Å²) >= 11 is 0. The van der Waals surface area contributed by atoms with Crippen LogP contribution in [0.3, 0.4) is 0 Å². The van der Waals surface area contributed by atoms with Crippen molar-refractivity contribution in [2.75, 3.05) is 27.3 Å². The maximum absolute atomic E-state index is 13.5. The molecular weight excluding hydrogens is 427 g/mol. The fourth-order valence-corrected chi connectivity index (χ4v) is 4.32. The topological polar surface area (TPSA) is 65.7 Å². The number of fused-ring (bicyclic) bond motifs is 1. The molecule has 0 saturated carbocycles. The predicted octanol–water partition coefficient (Wildman–Crippen LogP) is 3.89. The summed E-state index contributed by atoms with van der Waals surface area (Å²) in [4.78, 5) is 26.9. The van der Waals surface area contributed by atoms with Gasteiger partial charge in [0.15, 0.2) is 0 Å². The van der Waals surface area contributed by atoms with Crippen LogP contribution in [0.1, 0.15) is 23.6 Å². The van der Waals surface area contributed by atoms with Gasteiger partial charge >= 0.3 is 18.0 Å². The Balaban J connectivity index is 1.86. The van der Waals surface area contributed by atoms with Crippen LogP contribution in [0.15, 0.2) is 47.3 Å². The summed E-state index contributed by atoms with van der Waals surface area (Å²) in [5.41, 5.74) is -0.322. The Hall–Kier alpha value is -3.43. The summed E-state index contributed by atoms with van der Waals surface area (Å²) < 4.78 is 53.7. The monoisotopic (exact) mass is 449 g/mol. The lowest BCUT2D eigenvalue weighted by molar-refractivity contribution is -0.138. The number of carbonyl (C=O) groups excluding carboxylic acids is 1. The van der Waals surface area contributed by atoms with Crippen LogP contribution in [0.4, 0.5) is 18.0 Å². The van der Waals surface area contributed by atoms with E-state index in [0.29, 0.717) is 29.7 Å². The van der Waals surface area contributed by atoms with Gasteiger partial charge in [0.2, 0.25) is 0 Å². The number of ether oxygens (including phenoxy) is 2. The van der Waals surface area contributed by atoms with Crippen LogP contribution in [-0.4, -0.2) is 47.4 Å². The van der Waals surface area contributed by atoms with E-state index in [1.165, 1.54) is 46.5 Å². The Labute approximate surface area is 181 Å². The number of aromatic nitrogens is 2. The summed E-state index contributed by atoms with van der Waals surface area (Å²) in [7, 11) is 2.73. The molecule has 1 aromatic heterocycles. The van der Waals surface area contributed by atoms with E-state index >= 15 is 0 Å². The third-order valence-corrected chi connectivity index (χ3v) is 5.78. The number of rotatable bonds is 4. The van der Waals surface area contributed by atoms with Gasteiger partial charge in [-0.1, -0.05) is 24.3 Å². The smallest absolute Gasteiger partial charge is 0.416 e. The molecule has 0 N–H and O–H groups in total. The van der Waals surface area contributed by atoms with Gasteiger partial charge in [0.25, 0.3) is 0 Å². The highest BCUT2D eigenvalue weighted by Crippen LogP contribution is 2.34. The van der Waals surface area contributed by atoms with Gasteiger partial charge in [-0.3, -0.25) is 9.13 Å². The number of methoxy groups -OCH3 is 2. The molecule has 0 aliphatic carbocycles. The van der Waals surface area contributed by atoms with Crippen molar-refractivity contribution in [1.29, 1.82) is 0 Å². The SMILES string of the molecule is COC(=O)N1CC[C@@H](n2c(=O)n(Cc3ccccc3C(F)(F)F)c3c(OC)cccc32)C1. The van der Waals surface area contributed by atoms with Gasteiger partial charge in [0.05, 0.1) is 37.9 Å². The van der Waals surface area contributed by atoms with Gasteiger partial charge in [-0.2, -0.15) is 13.2 Å². The first-order chi connectivity index (χ1) is 15.3. The number of hydrogen-bond acceptors (Lipinski definition) is 4. The van der Waals surface area contributed by atoms with E-state index < -0.39 is 23.5 Å². The quantitative estimate of drug-likeness (QED) is 0.606. The van der Waals surface area contributed by atoms with Crippen LogP contribution in [0.5, 0.6) is 5.75 Å². The van der Waals surface area contributed by atoms with E-state index in [2.05, 4.69) is 0 Å². The van der Waals surface area contributed by atoms with Gasteiger partial charge in [-0.25, -0.2) is 9.59 Å². The normalized spacial score (nSPS) is 16.5. The average Bonchev–Trinajstić information content (AvgIpc) is 3.36. The van der Waals surface area contributed by atoms with Crippen LogP contribution in [0.2, 0.25) is 0 Å². The van der Waals surface area contributed by atoms with Crippen molar-refractivity contribution in [3.8, 4) is 5.75 Å². The largest absolute Gasteiger partial charge is 0.494 e. The first kappa shape index (κ1) is 21.8. The van der Waals surface area contributed by atoms with Gasteiger partial charge in [-0.15, -0.1) is 0 Å². The van der Waals surface area contributed by atoms with Crippen molar-refractivity contribution in [2.45, 2.75) is 25.2 Å². The molecule has 10 heteroatoms. The number of carbonyl (C=O) groups is 1. The van der Waals surface area contributed by atoms with Crippen molar-refractivity contribution in [3.63, 3.8) is 0 Å². The maximum Gasteiger partial charge on any atom is 0.416 e. The molecule has 1 aliphatic rings. The summed E-state index contributed by atoms with van der Waals surface area (Å²) in [6.07, 6.45) is -4.51. The zero-order chi connectivity index (χ0) is 23.0. The number of para-hydroxylation sites is 1. The number of hydrogen-bond donors (Lipinski definition) is 0. The Morgan fingerprint density at radius 3 is 2.56 bits per heavy atom. The highest BCUT2D eigenvalue weighted by molar-refractivity contribution is 5.83. The minimum Gasteiger partial charge on any atom is -0.494 e. The molecule has 0 radical (unpaired) electrons. The number of amides is 1. The summed E-state index contributed by atoms with van der Waals surface area (Å²) in [6, 6.07) is 9.97. The van der Waals surface area contributed by atoms with Crippen molar-refractivity contribution in [1.82, 2.24) is 14.0 Å². The standard InChI is InChI=1S/C22H22F3N3O4/c1-31-18-9-5-8-17-19(18)27(12-14-6-3-4-7-16(14)22(23,24)25)20(29)28(17)15-10-11-26(13-15)21(30)32-2/h3-9,15H,10-13H2,1-2H3/t15-/m1/s1. The van der Waals surface area contributed by atoms with Crippen LogP contribution < -0.4 is 10.4 Å². The van der Waals surface area contributed by atoms with Crippen LogP contribution in [0.25, 0.3) is 11.0 Å². The molecule has 1 fully saturated rings. The second kappa shape index (κ2) is 8.25. The Morgan fingerprint density at radius 1 is 1.12 bits per heavy atom. The first-order valence-corrected chi connectivity index (χ1v) is 10.0. The van der Waals surface area contributed by atoms with E-state index in [0.717, 1.165) is 6.07 Å². The first-order valence-electron chi connectivity index (χ1n) is 10.0. The zero-order valence-corrected chi connectivity index (χ0v) is 17.6. The van der Waals surface area contributed by atoms with E-state index in [9.17, 15) is 22.8 Å². The van der Waals surface area contributed by atoms with Gasteiger partial charge in [-0.05, 0) is 30.2 Å². The molecule has 32 heavy (non-hydrogen) atoms. The molecule has 0 bridgehead atoms. The number of benzene rings is 2.